The van der Waals surface area contributed by atoms with Crippen molar-refractivity contribution in [1.29, 1.82) is 0 Å². The number of hydrogen-bond donors (Lipinski definition) is 1. The van der Waals surface area contributed by atoms with Crippen molar-refractivity contribution in [3.63, 3.8) is 0 Å². The molecular weight excluding hydrogens is 219 g/mol. The zero-order valence-corrected chi connectivity index (χ0v) is 8.84. The van der Waals surface area contributed by atoms with Crippen molar-refractivity contribution in [2.45, 2.75) is 0 Å². The van der Waals surface area contributed by atoms with Gasteiger partial charge in [0.25, 0.3) is 0 Å². The van der Waals surface area contributed by atoms with E-state index in [1.54, 1.807) is 22.8 Å². The number of anilines is 1. The summed E-state index contributed by atoms with van der Waals surface area (Å²) in [5.41, 5.74) is 7.97. The molecule has 2 aromatic heterocycles. The Morgan fingerprint density at radius 2 is 1.88 bits per heavy atom. The van der Waals surface area contributed by atoms with Crippen LogP contribution in [0.25, 0.3) is 16.8 Å². The molecule has 0 aliphatic carbocycles. The van der Waals surface area contributed by atoms with Gasteiger partial charge in [-0.1, -0.05) is 12.1 Å². The highest BCUT2D eigenvalue weighted by atomic mass is 19.1. The molecule has 0 fully saturated rings. The molecule has 0 aliphatic rings. The number of nitrogens with two attached hydrogens (primary N) is 1. The fourth-order valence-electron chi connectivity index (χ4n) is 1.78. The second-order valence-electron chi connectivity index (χ2n) is 3.67. The molecule has 2 heterocycles. The van der Waals surface area contributed by atoms with Crippen LogP contribution in [0, 0.1) is 5.82 Å². The third kappa shape index (κ3) is 1.61. The highest BCUT2D eigenvalue weighted by Gasteiger charge is 2.07. The molecule has 0 saturated carbocycles. The standard InChI is InChI=1S/C12H9FN4/c13-9-5-3-8(4-6-9)10-2-1-7-17-11(10)15-12(14)16-17/h1-7H,(H2,14,16). The van der Waals surface area contributed by atoms with Crippen LogP contribution in [-0.2, 0) is 0 Å². The lowest BCUT2D eigenvalue weighted by atomic mass is 10.1. The summed E-state index contributed by atoms with van der Waals surface area (Å²) in [7, 11) is 0. The molecule has 17 heavy (non-hydrogen) atoms. The maximum atomic E-state index is 12.9. The zero-order valence-electron chi connectivity index (χ0n) is 8.84. The highest BCUT2D eigenvalue weighted by Crippen LogP contribution is 2.23. The average Bonchev–Trinajstić information content (AvgIpc) is 2.70. The van der Waals surface area contributed by atoms with E-state index in [2.05, 4.69) is 10.1 Å². The van der Waals surface area contributed by atoms with Crippen molar-refractivity contribution in [3.05, 3.63) is 48.4 Å². The van der Waals surface area contributed by atoms with Gasteiger partial charge in [0.05, 0.1) is 0 Å². The molecule has 3 aromatic rings. The van der Waals surface area contributed by atoms with Gasteiger partial charge < -0.3 is 5.73 Å². The van der Waals surface area contributed by atoms with Crippen LogP contribution in [0.4, 0.5) is 10.3 Å². The monoisotopic (exact) mass is 228 g/mol. The molecule has 0 spiro atoms. The lowest BCUT2D eigenvalue weighted by Crippen LogP contribution is -1.90. The van der Waals surface area contributed by atoms with Crippen LogP contribution in [0.3, 0.4) is 0 Å². The second-order valence-corrected chi connectivity index (χ2v) is 3.67. The van der Waals surface area contributed by atoms with Crippen LogP contribution in [0.2, 0.25) is 0 Å². The Morgan fingerprint density at radius 3 is 2.65 bits per heavy atom. The summed E-state index contributed by atoms with van der Waals surface area (Å²) in [6, 6.07) is 9.98. The van der Waals surface area contributed by atoms with Gasteiger partial charge in [-0.05, 0) is 29.8 Å². The Hall–Kier alpha value is -2.43. The van der Waals surface area contributed by atoms with E-state index in [4.69, 9.17) is 5.73 Å². The van der Waals surface area contributed by atoms with Gasteiger partial charge in [-0.25, -0.2) is 8.91 Å². The first-order valence-electron chi connectivity index (χ1n) is 5.11. The largest absolute Gasteiger partial charge is 0.366 e. The fourth-order valence-corrected chi connectivity index (χ4v) is 1.78. The summed E-state index contributed by atoms with van der Waals surface area (Å²) in [6.45, 7) is 0. The predicted molar refractivity (Wildman–Crippen MR) is 62.8 cm³/mol. The van der Waals surface area contributed by atoms with E-state index in [1.807, 2.05) is 12.1 Å². The topological polar surface area (TPSA) is 56.2 Å². The van der Waals surface area contributed by atoms with Crippen LogP contribution in [0.1, 0.15) is 0 Å². The first-order valence-corrected chi connectivity index (χ1v) is 5.11. The molecule has 0 radical (unpaired) electrons. The fraction of sp³-hybridized carbons (Fsp3) is 0. The van der Waals surface area contributed by atoms with E-state index >= 15 is 0 Å². The van der Waals surface area contributed by atoms with Crippen molar-refractivity contribution in [1.82, 2.24) is 14.6 Å². The summed E-state index contributed by atoms with van der Waals surface area (Å²) in [5, 5.41) is 4.03. The number of nitrogen functional groups attached to an aromatic ring is 1. The van der Waals surface area contributed by atoms with Gasteiger partial charge in [-0.3, -0.25) is 0 Å². The van der Waals surface area contributed by atoms with E-state index in [9.17, 15) is 4.39 Å². The molecule has 84 valence electrons. The first-order chi connectivity index (χ1) is 8.24. The highest BCUT2D eigenvalue weighted by molar-refractivity contribution is 5.77. The molecule has 3 rings (SSSR count). The van der Waals surface area contributed by atoms with E-state index in [1.165, 1.54) is 12.1 Å². The van der Waals surface area contributed by atoms with Gasteiger partial charge in [-0.15, -0.1) is 5.10 Å². The summed E-state index contributed by atoms with van der Waals surface area (Å²) in [6.07, 6.45) is 1.77. The zero-order chi connectivity index (χ0) is 11.8. The Bertz CT molecular complexity index is 673. The number of hydrogen-bond acceptors (Lipinski definition) is 3. The van der Waals surface area contributed by atoms with Crippen molar-refractivity contribution in [3.8, 4) is 11.1 Å². The number of halogens is 1. The van der Waals surface area contributed by atoms with E-state index < -0.39 is 0 Å². The Balaban J connectivity index is 2.26. The third-order valence-corrected chi connectivity index (χ3v) is 2.53. The molecule has 1 aromatic carbocycles. The van der Waals surface area contributed by atoms with Gasteiger partial charge in [-0.2, -0.15) is 4.98 Å². The molecule has 5 heteroatoms. The third-order valence-electron chi connectivity index (χ3n) is 2.53. The molecule has 0 atom stereocenters. The summed E-state index contributed by atoms with van der Waals surface area (Å²) < 4.78 is 14.5. The number of pyridine rings is 1. The van der Waals surface area contributed by atoms with E-state index in [0.717, 1.165) is 11.1 Å². The minimum atomic E-state index is -0.262. The van der Waals surface area contributed by atoms with Crippen LogP contribution in [0.5, 0.6) is 0 Å². The van der Waals surface area contributed by atoms with Crippen molar-refractivity contribution >= 4 is 11.6 Å². The molecule has 0 bridgehead atoms. The lowest BCUT2D eigenvalue weighted by molar-refractivity contribution is 0.628. The Labute approximate surface area is 96.5 Å². The first kappa shape index (κ1) is 9.77. The lowest BCUT2D eigenvalue weighted by Gasteiger charge is -2.02. The van der Waals surface area contributed by atoms with Crippen molar-refractivity contribution in [2.24, 2.45) is 0 Å². The summed E-state index contributed by atoms with van der Waals surface area (Å²) in [4.78, 5) is 4.15. The Morgan fingerprint density at radius 1 is 1.12 bits per heavy atom. The number of fused-ring (bicyclic) bond motifs is 1. The SMILES string of the molecule is Nc1nc2c(-c3ccc(F)cc3)cccn2n1. The van der Waals surface area contributed by atoms with Crippen LogP contribution >= 0.6 is 0 Å². The molecule has 0 saturated heterocycles. The molecule has 0 unspecified atom stereocenters. The Kier molecular flexibility index (Phi) is 2.04. The van der Waals surface area contributed by atoms with Gasteiger partial charge in [0.1, 0.15) is 5.82 Å². The number of benzene rings is 1. The smallest absolute Gasteiger partial charge is 0.240 e. The van der Waals surface area contributed by atoms with Crippen LogP contribution in [-0.4, -0.2) is 14.6 Å². The maximum absolute atomic E-state index is 12.9. The van der Waals surface area contributed by atoms with Gasteiger partial charge in [0.2, 0.25) is 5.95 Å². The summed E-state index contributed by atoms with van der Waals surface area (Å²) >= 11 is 0. The second kappa shape index (κ2) is 3.55. The van der Waals surface area contributed by atoms with E-state index in [0.29, 0.717) is 5.65 Å². The summed E-state index contributed by atoms with van der Waals surface area (Å²) in [5.74, 6) is -0.0405. The predicted octanol–water partition coefficient (Wildman–Crippen LogP) is 2.12. The molecule has 2 N–H and O–H groups in total. The van der Waals surface area contributed by atoms with Gasteiger partial charge in [0, 0.05) is 11.8 Å². The van der Waals surface area contributed by atoms with E-state index in [-0.39, 0.29) is 11.8 Å². The van der Waals surface area contributed by atoms with Crippen molar-refractivity contribution < 1.29 is 4.39 Å². The molecular formula is C12H9FN4. The molecule has 0 amide bonds. The average molecular weight is 228 g/mol. The normalized spacial score (nSPS) is 10.9. The van der Waals surface area contributed by atoms with Crippen LogP contribution in [0.15, 0.2) is 42.6 Å². The van der Waals surface area contributed by atoms with Crippen LogP contribution < -0.4 is 5.73 Å². The maximum Gasteiger partial charge on any atom is 0.240 e. The molecule has 4 nitrogen and oxygen atoms in total. The van der Waals surface area contributed by atoms with Gasteiger partial charge >= 0.3 is 0 Å². The minimum Gasteiger partial charge on any atom is -0.366 e. The van der Waals surface area contributed by atoms with Crippen molar-refractivity contribution in [2.75, 3.05) is 5.73 Å². The van der Waals surface area contributed by atoms with Gasteiger partial charge in [0.15, 0.2) is 5.65 Å². The quantitative estimate of drug-likeness (QED) is 0.694. The number of nitrogens with zero attached hydrogens (tertiary/aromatic N) is 3. The molecule has 0 aliphatic heterocycles. The number of rotatable bonds is 1. The number of aromatic nitrogens is 3. The minimum absolute atomic E-state index is 0.222.